The van der Waals surface area contributed by atoms with Crippen molar-refractivity contribution in [1.82, 2.24) is 4.90 Å². The van der Waals surface area contributed by atoms with Gasteiger partial charge in [0.15, 0.2) is 11.5 Å². The molecule has 2 aliphatic heterocycles. The predicted octanol–water partition coefficient (Wildman–Crippen LogP) is 2.64. The fourth-order valence-corrected chi connectivity index (χ4v) is 5.13. The monoisotopic (exact) mass is 345 g/mol. The van der Waals surface area contributed by atoms with Gasteiger partial charge in [-0.05, 0) is 49.4 Å². The van der Waals surface area contributed by atoms with Gasteiger partial charge in [0.25, 0.3) is 0 Å². The summed E-state index contributed by atoms with van der Waals surface area (Å²) < 4.78 is 17.0. The van der Waals surface area contributed by atoms with Crippen LogP contribution in [-0.2, 0) is 12.0 Å². The van der Waals surface area contributed by atoms with Crippen LogP contribution in [-0.4, -0.2) is 50.5 Å². The Balaban J connectivity index is 2.01. The van der Waals surface area contributed by atoms with E-state index in [1.165, 1.54) is 16.7 Å². The lowest BCUT2D eigenvalue weighted by Gasteiger charge is -2.43. The molecular formula is C20H27NO4. The van der Waals surface area contributed by atoms with Crippen LogP contribution >= 0.6 is 0 Å². The standard InChI is InChI=1S/C20H27NO4/c1-23-17-11-16-15(18(24-2)19(17)25-3)5-4-9-21-10-8-13-6-7-14(22)12-20(13,16)21/h6,11,14,22H,4-5,7-10,12H2,1-3H3/t14-,20-/m0/s1. The lowest BCUT2D eigenvalue weighted by molar-refractivity contribution is 0.0671. The van der Waals surface area contributed by atoms with Crippen LogP contribution in [0.1, 0.15) is 36.8 Å². The Morgan fingerprint density at radius 3 is 2.60 bits per heavy atom. The quantitative estimate of drug-likeness (QED) is 0.854. The summed E-state index contributed by atoms with van der Waals surface area (Å²) in [5.41, 5.74) is 3.64. The number of aliphatic hydroxyl groups excluding tert-OH is 1. The number of benzene rings is 1. The molecule has 0 unspecified atom stereocenters. The van der Waals surface area contributed by atoms with E-state index in [2.05, 4.69) is 17.0 Å². The molecule has 2 atom stereocenters. The van der Waals surface area contributed by atoms with Gasteiger partial charge in [-0.2, -0.15) is 0 Å². The third kappa shape index (κ3) is 2.29. The summed E-state index contributed by atoms with van der Waals surface area (Å²) >= 11 is 0. The van der Waals surface area contributed by atoms with Gasteiger partial charge in [-0.25, -0.2) is 0 Å². The molecular weight excluding hydrogens is 318 g/mol. The van der Waals surface area contributed by atoms with Crippen molar-refractivity contribution in [3.63, 3.8) is 0 Å². The van der Waals surface area contributed by atoms with Crippen LogP contribution in [0.2, 0.25) is 0 Å². The van der Waals surface area contributed by atoms with Gasteiger partial charge in [0.1, 0.15) is 0 Å². The van der Waals surface area contributed by atoms with Gasteiger partial charge in [-0.3, -0.25) is 4.90 Å². The minimum Gasteiger partial charge on any atom is -0.493 e. The van der Waals surface area contributed by atoms with Gasteiger partial charge in [0, 0.05) is 18.5 Å². The largest absolute Gasteiger partial charge is 0.493 e. The van der Waals surface area contributed by atoms with E-state index in [-0.39, 0.29) is 11.6 Å². The van der Waals surface area contributed by atoms with Gasteiger partial charge >= 0.3 is 0 Å². The molecule has 136 valence electrons. The molecule has 0 amide bonds. The minimum absolute atomic E-state index is 0.226. The Hall–Kier alpha value is -1.72. The minimum atomic E-state index is -0.311. The molecule has 4 rings (SSSR count). The van der Waals surface area contributed by atoms with Crippen LogP contribution in [0, 0.1) is 0 Å². The predicted molar refractivity (Wildman–Crippen MR) is 95.6 cm³/mol. The molecule has 25 heavy (non-hydrogen) atoms. The second kappa shape index (κ2) is 6.22. The number of hydrogen-bond acceptors (Lipinski definition) is 5. The molecule has 1 aliphatic carbocycles. The van der Waals surface area contributed by atoms with Crippen LogP contribution in [0.25, 0.3) is 0 Å². The van der Waals surface area contributed by atoms with Gasteiger partial charge in [0.2, 0.25) is 5.75 Å². The Bertz CT molecular complexity index is 714. The first kappa shape index (κ1) is 16.7. The first-order valence-corrected chi connectivity index (χ1v) is 9.10. The van der Waals surface area contributed by atoms with Crippen molar-refractivity contribution < 1.29 is 19.3 Å². The molecule has 5 nitrogen and oxygen atoms in total. The molecule has 1 aromatic rings. The molecule has 1 spiro atoms. The molecule has 1 saturated heterocycles. The van der Waals surface area contributed by atoms with Crippen LogP contribution in [0.5, 0.6) is 17.2 Å². The highest BCUT2D eigenvalue weighted by Crippen LogP contribution is 2.55. The lowest BCUT2D eigenvalue weighted by atomic mass is 9.73. The van der Waals surface area contributed by atoms with E-state index >= 15 is 0 Å². The molecule has 1 aromatic carbocycles. The van der Waals surface area contributed by atoms with E-state index in [1.807, 2.05) is 0 Å². The second-order valence-electron chi connectivity index (χ2n) is 7.20. The molecule has 2 heterocycles. The van der Waals surface area contributed by atoms with Crippen molar-refractivity contribution in [2.24, 2.45) is 0 Å². The van der Waals surface area contributed by atoms with E-state index in [9.17, 15) is 5.11 Å². The maximum Gasteiger partial charge on any atom is 0.203 e. The average Bonchev–Trinajstić information content (AvgIpc) is 2.91. The Morgan fingerprint density at radius 1 is 1.08 bits per heavy atom. The number of methoxy groups -OCH3 is 3. The van der Waals surface area contributed by atoms with Crippen molar-refractivity contribution in [2.45, 2.75) is 43.7 Å². The summed E-state index contributed by atoms with van der Waals surface area (Å²) in [5, 5.41) is 10.5. The fourth-order valence-electron chi connectivity index (χ4n) is 5.13. The normalized spacial score (nSPS) is 28.3. The van der Waals surface area contributed by atoms with Crippen molar-refractivity contribution >= 4 is 0 Å². The van der Waals surface area contributed by atoms with E-state index in [0.717, 1.165) is 50.9 Å². The highest BCUT2D eigenvalue weighted by Gasteiger charge is 2.51. The van der Waals surface area contributed by atoms with Gasteiger partial charge < -0.3 is 19.3 Å². The van der Waals surface area contributed by atoms with Crippen LogP contribution < -0.4 is 14.2 Å². The summed E-state index contributed by atoms with van der Waals surface area (Å²) in [6.07, 6.45) is 6.53. The SMILES string of the molecule is COc1cc2c(c(OC)c1OC)CCCN1CCC3=CC[C@H](O)C[C@]321. The van der Waals surface area contributed by atoms with Crippen LogP contribution in [0.3, 0.4) is 0 Å². The van der Waals surface area contributed by atoms with Gasteiger partial charge in [-0.15, -0.1) is 0 Å². The third-order valence-electron chi connectivity index (χ3n) is 6.12. The summed E-state index contributed by atoms with van der Waals surface area (Å²) in [6.45, 7) is 2.08. The molecule has 1 fully saturated rings. The number of rotatable bonds is 3. The van der Waals surface area contributed by atoms with Crippen molar-refractivity contribution in [3.8, 4) is 17.2 Å². The summed E-state index contributed by atoms with van der Waals surface area (Å²) in [7, 11) is 5.01. The number of aliphatic hydroxyl groups is 1. The number of hydrogen-bond donors (Lipinski definition) is 1. The molecule has 0 saturated carbocycles. The lowest BCUT2D eigenvalue weighted by Crippen LogP contribution is -2.46. The zero-order chi connectivity index (χ0) is 17.6. The summed E-state index contributed by atoms with van der Waals surface area (Å²) in [5.74, 6) is 2.13. The molecule has 3 aliphatic rings. The van der Waals surface area contributed by atoms with E-state index in [1.54, 1.807) is 21.3 Å². The Labute approximate surface area is 149 Å². The van der Waals surface area contributed by atoms with Gasteiger partial charge in [0.05, 0.1) is 33.0 Å². The first-order chi connectivity index (χ1) is 12.2. The number of nitrogens with zero attached hydrogens (tertiary/aromatic N) is 1. The third-order valence-corrected chi connectivity index (χ3v) is 6.12. The highest BCUT2D eigenvalue weighted by atomic mass is 16.5. The summed E-state index contributed by atoms with van der Waals surface area (Å²) in [4.78, 5) is 2.55. The molecule has 0 bridgehead atoms. The zero-order valence-electron chi connectivity index (χ0n) is 15.3. The fraction of sp³-hybridized carbons (Fsp3) is 0.600. The van der Waals surface area contributed by atoms with Crippen molar-refractivity contribution in [2.75, 3.05) is 34.4 Å². The maximum atomic E-state index is 10.5. The Kier molecular flexibility index (Phi) is 4.16. The first-order valence-electron chi connectivity index (χ1n) is 9.10. The van der Waals surface area contributed by atoms with Crippen molar-refractivity contribution in [1.29, 1.82) is 0 Å². The second-order valence-corrected chi connectivity index (χ2v) is 7.20. The molecule has 0 radical (unpaired) electrons. The topological polar surface area (TPSA) is 51.2 Å². The van der Waals surface area contributed by atoms with E-state index in [0.29, 0.717) is 11.5 Å². The summed E-state index contributed by atoms with van der Waals surface area (Å²) in [6, 6.07) is 2.12. The van der Waals surface area contributed by atoms with Gasteiger partial charge in [-0.1, -0.05) is 6.08 Å². The number of ether oxygens (including phenoxy) is 3. The molecule has 5 heteroatoms. The smallest absolute Gasteiger partial charge is 0.203 e. The molecule has 0 aromatic heterocycles. The van der Waals surface area contributed by atoms with Crippen LogP contribution in [0.15, 0.2) is 17.7 Å². The Morgan fingerprint density at radius 2 is 1.88 bits per heavy atom. The van der Waals surface area contributed by atoms with E-state index < -0.39 is 0 Å². The zero-order valence-corrected chi connectivity index (χ0v) is 15.3. The number of fused-ring (bicyclic) bond motifs is 1. The van der Waals surface area contributed by atoms with Crippen molar-refractivity contribution in [3.05, 3.63) is 28.8 Å². The average molecular weight is 345 g/mol. The van der Waals surface area contributed by atoms with E-state index in [4.69, 9.17) is 14.2 Å². The van der Waals surface area contributed by atoms with Crippen LogP contribution in [0.4, 0.5) is 0 Å². The molecule has 1 N–H and O–H groups in total. The maximum absolute atomic E-state index is 10.5. The highest BCUT2D eigenvalue weighted by molar-refractivity contribution is 5.63.